The summed E-state index contributed by atoms with van der Waals surface area (Å²) in [5.74, 6) is -1.01. The van der Waals surface area contributed by atoms with Crippen molar-refractivity contribution in [3.05, 3.63) is 0 Å². The van der Waals surface area contributed by atoms with Crippen molar-refractivity contribution in [1.29, 1.82) is 0 Å². The first-order valence-electron chi connectivity index (χ1n) is 7.25. The maximum atomic E-state index is 12.0. The lowest BCUT2D eigenvalue weighted by Crippen LogP contribution is -2.39. The predicted molar refractivity (Wildman–Crippen MR) is 75.7 cm³/mol. The lowest BCUT2D eigenvalue weighted by molar-refractivity contribution is -0.136. The summed E-state index contributed by atoms with van der Waals surface area (Å²) in [6.45, 7) is 4.53. The van der Waals surface area contributed by atoms with Crippen molar-refractivity contribution in [3.63, 3.8) is 0 Å². The molecule has 0 aromatic heterocycles. The van der Waals surface area contributed by atoms with Crippen molar-refractivity contribution in [2.75, 3.05) is 6.54 Å². The van der Waals surface area contributed by atoms with Gasteiger partial charge < -0.3 is 5.32 Å². The van der Waals surface area contributed by atoms with Gasteiger partial charge in [-0.1, -0.05) is 13.8 Å². The molecule has 1 aliphatic carbocycles. The Bertz CT molecular complexity index is 434. The summed E-state index contributed by atoms with van der Waals surface area (Å²) in [4.78, 5) is 40.0. The Morgan fingerprint density at radius 2 is 1.80 bits per heavy atom. The third-order valence-corrected chi connectivity index (χ3v) is 3.92. The monoisotopic (exact) mass is 278 g/mol. The van der Waals surface area contributed by atoms with E-state index in [0.717, 1.165) is 12.8 Å². The first kappa shape index (κ1) is 14.9. The fourth-order valence-corrected chi connectivity index (χ4v) is 2.83. The average molecular weight is 278 g/mol. The highest BCUT2D eigenvalue weighted by Gasteiger charge is 2.38. The van der Waals surface area contributed by atoms with Crippen molar-refractivity contribution in [1.82, 2.24) is 5.32 Å². The highest BCUT2D eigenvalue weighted by Crippen LogP contribution is 2.33. The minimum absolute atomic E-state index is 0.0796. The summed E-state index contributed by atoms with van der Waals surface area (Å²) in [6, 6.07) is -0.451. The zero-order chi connectivity index (χ0) is 14.8. The molecule has 0 aromatic carbocycles. The Morgan fingerprint density at radius 1 is 1.15 bits per heavy atom. The number of nitrogens with one attached hydrogen (secondary N) is 1. The predicted octanol–water partition coefficient (Wildman–Crippen LogP) is 1.30. The molecule has 1 aliphatic heterocycles. The van der Waals surface area contributed by atoms with E-state index in [4.69, 9.17) is 0 Å². The van der Waals surface area contributed by atoms with Crippen LogP contribution in [0.4, 0.5) is 0 Å². The van der Waals surface area contributed by atoms with E-state index in [1.165, 1.54) is 6.21 Å². The van der Waals surface area contributed by atoms with Crippen LogP contribution in [0.3, 0.4) is 0 Å². The van der Waals surface area contributed by atoms with Gasteiger partial charge in [-0.3, -0.25) is 19.4 Å². The number of rotatable bonds is 2. The second kappa shape index (κ2) is 5.85. The van der Waals surface area contributed by atoms with Gasteiger partial charge in [0.25, 0.3) is 0 Å². The molecule has 2 rings (SSSR count). The van der Waals surface area contributed by atoms with Gasteiger partial charge in [0.15, 0.2) is 0 Å². The number of nitrogens with zero attached hydrogens (tertiary/aromatic N) is 1. The van der Waals surface area contributed by atoms with Gasteiger partial charge in [-0.15, -0.1) is 0 Å². The standard InChI is InChI=1S/C15H22N2O3/c1-15(2)7-12(18)10(13(19)8-15)9-17-11-5-3-4-6-16-14(11)20/h9-11H,3-8H2,1-2H3,(H,16,20)/t11-/m1/s1. The number of carbonyl (C=O) groups excluding carboxylic acids is 3. The van der Waals surface area contributed by atoms with E-state index >= 15 is 0 Å². The van der Waals surface area contributed by atoms with Gasteiger partial charge in [0.2, 0.25) is 5.91 Å². The van der Waals surface area contributed by atoms with Crippen LogP contribution in [0.5, 0.6) is 0 Å². The topological polar surface area (TPSA) is 75.6 Å². The van der Waals surface area contributed by atoms with Crippen LogP contribution in [0.25, 0.3) is 0 Å². The Hall–Kier alpha value is -1.52. The van der Waals surface area contributed by atoms with Crippen LogP contribution in [0.1, 0.15) is 46.0 Å². The van der Waals surface area contributed by atoms with Gasteiger partial charge in [-0.05, 0) is 24.7 Å². The quantitative estimate of drug-likeness (QED) is 0.611. The van der Waals surface area contributed by atoms with Gasteiger partial charge in [0, 0.05) is 25.6 Å². The van der Waals surface area contributed by atoms with Gasteiger partial charge in [-0.25, -0.2) is 0 Å². The van der Waals surface area contributed by atoms with Gasteiger partial charge in [0.05, 0.1) is 0 Å². The number of Topliss-reactive ketones (excluding diaryl/α,β-unsaturated/α-hetero) is 2. The molecule has 0 bridgehead atoms. The second-order valence-corrected chi connectivity index (χ2v) is 6.53. The first-order chi connectivity index (χ1) is 9.39. The highest BCUT2D eigenvalue weighted by atomic mass is 16.2. The van der Waals surface area contributed by atoms with Crippen LogP contribution >= 0.6 is 0 Å². The molecule has 1 saturated heterocycles. The fourth-order valence-electron chi connectivity index (χ4n) is 2.83. The summed E-state index contributed by atoms with van der Waals surface area (Å²) in [5, 5.41) is 2.80. The number of hydrogen-bond acceptors (Lipinski definition) is 4. The van der Waals surface area contributed by atoms with Crippen molar-refractivity contribution in [3.8, 4) is 0 Å². The van der Waals surface area contributed by atoms with Gasteiger partial charge >= 0.3 is 0 Å². The Labute approximate surface area is 119 Å². The zero-order valence-corrected chi connectivity index (χ0v) is 12.1. The van der Waals surface area contributed by atoms with E-state index in [2.05, 4.69) is 10.3 Å². The third-order valence-electron chi connectivity index (χ3n) is 3.92. The summed E-state index contributed by atoms with van der Waals surface area (Å²) < 4.78 is 0. The van der Waals surface area contributed by atoms with Gasteiger partial charge in [0.1, 0.15) is 23.5 Å². The molecule has 1 N–H and O–H groups in total. The van der Waals surface area contributed by atoms with Crippen molar-refractivity contribution in [2.24, 2.45) is 16.3 Å². The second-order valence-electron chi connectivity index (χ2n) is 6.53. The molecule has 1 saturated carbocycles. The largest absolute Gasteiger partial charge is 0.354 e. The minimum Gasteiger partial charge on any atom is -0.354 e. The van der Waals surface area contributed by atoms with Crippen molar-refractivity contribution in [2.45, 2.75) is 52.0 Å². The van der Waals surface area contributed by atoms with Crippen LogP contribution in [0, 0.1) is 11.3 Å². The minimum atomic E-state index is -0.751. The number of amides is 1. The SMILES string of the molecule is CC1(C)CC(=O)C(C=N[C@@H]2CCCCNC2=O)C(=O)C1. The number of hydrogen-bond donors (Lipinski definition) is 1. The number of aliphatic imine (C=N–C) groups is 1. The molecular formula is C15H22N2O3. The number of ketones is 2. The molecule has 5 nitrogen and oxygen atoms in total. The van der Waals surface area contributed by atoms with Crippen molar-refractivity contribution < 1.29 is 14.4 Å². The molecule has 20 heavy (non-hydrogen) atoms. The van der Waals surface area contributed by atoms with E-state index in [0.29, 0.717) is 25.8 Å². The average Bonchev–Trinajstić information content (AvgIpc) is 2.52. The van der Waals surface area contributed by atoms with Crippen LogP contribution in [-0.4, -0.2) is 36.3 Å². The fraction of sp³-hybridized carbons (Fsp3) is 0.733. The lowest BCUT2D eigenvalue weighted by Gasteiger charge is -2.30. The van der Waals surface area contributed by atoms with E-state index in [-0.39, 0.29) is 22.9 Å². The smallest absolute Gasteiger partial charge is 0.244 e. The molecular weight excluding hydrogens is 256 g/mol. The van der Waals surface area contributed by atoms with Crippen LogP contribution in [0.2, 0.25) is 0 Å². The molecule has 0 spiro atoms. The van der Waals surface area contributed by atoms with E-state index in [1.54, 1.807) is 0 Å². The Balaban J connectivity index is 2.05. The Morgan fingerprint density at radius 3 is 2.45 bits per heavy atom. The molecule has 5 heteroatoms. The lowest BCUT2D eigenvalue weighted by atomic mass is 9.72. The molecule has 110 valence electrons. The molecule has 2 aliphatic rings. The molecule has 1 atom stereocenters. The van der Waals surface area contributed by atoms with E-state index < -0.39 is 12.0 Å². The van der Waals surface area contributed by atoms with Crippen LogP contribution < -0.4 is 5.32 Å². The maximum Gasteiger partial charge on any atom is 0.244 e. The normalized spacial score (nSPS) is 28.5. The molecule has 2 fully saturated rings. The molecule has 1 amide bonds. The van der Waals surface area contributed by atoms with Crippen LogP contribution in [0.15, 0.2) is 4.99 Å². The molecule has 0 aromatic rings. The summed E-state index contributed by atoms with van der Waals surface area (Å²) in [6.07, 6.45) is 4.77. The first-order valence-corrected chi connectivity index (χ1v) is 7.25. The molecule has 0 radical (unpaired) electrons. The third kappa shape index (κ3) is 3.52. The summed E-state index contributed by atoms with van der Waals surface area (Å²) in [5.41, 5.74) is -0.252. The van der Waals surface area contributed by atoms with E-state index in [9.17, 15) is 14.4 Å². The summed E-state index contributed by atoms with van der Waals surface area (Å²) >= 11 is 0. The van der Waals surface area contributed by atoms with Crippen LogP contribution in [-0.2, 0) is 14.4 Å². The van der Waals surface area contributed by atoms with Gasteiger partial charge in [-0.2, -0.15) is 0 Å². The van der Waals surface area contributed by atoms with E-state index in [1.807, 2.05) is 13.8 Å². The summed E-state index contributed by atoms with van der Waals surface area (Å²) in [7, 11) is 0. The highest BCUT2D eigenvalue weighted by molar-refractivity contribution is 6.16. The Kier molecular flexibility index (Phi) is 4.35. The van der Waals surface area contributed by atoms with Crippen molar-refractivity contribution >= 4 is 23.7 Å². The maximum absolute atomic E-state index is 12.0. The number of carbonyl (C=O) groups is 3. The zero-order valence-electron chi connectivity index (χ0n) is 12.1. The molecule has 0 unspecified atom stereocenters. The molecule has 1 heterocycles.